The zero-order valence-electron chi connectivity index (χ0n) is 9.73. The molecule has 0 aliphatic rings. The highest BCUT2D eigenvalue weighted by molar-refractivity contribution is 7.16. The van der Waals surface area contributed by atoms with Crippen LogP contribution in [-0.4, -0.2) is 15.4 Å². The van der Waals surface area contributed by atoms with Gasteiger partial charge in [0.1, 0.15) is 4.83 Å². The van der Waals surface area contributed by atoms with Crippen LogP contribution in [0.15, 0.2) is 22.6 Å². The molecule has 0 saturated heterocycles. The first kappa shape index (κ1) is 12.6. The lowest BCUT2D eigenvalue weighted by molar-refractivity contribution is 0.463. The minimum Gasteiger partial charge on any atom is -0.299 e. The van der Waals surface area contributed by atoms with Gasteiger partial charge in [-0.1, -0.05) is 6.92 Å². The summed E-state index contributed by atoms with van der Waals surface area (Å²) in [7, 11) is 0. The van der Waals surface area contributed by atoms with E-state index in [1.54, 1.807) is 10.9 Å². The summed E-state index contributed by atoms with van der Waals surface area (Å²) in [6, 6.07) is 1.84. The summed E-state index contributed by atoms with van der Waals surface area (Å²) in [5.74, 6) is 1.22. The van der Waals surface area contributed by atoms with Crippen molar-refractivity contribution in [3.05, 3.63) is 28.1 Å². The molecule has 0 bridgehead atoms. The Morgan fingerprint density at radius 1 is 1.53 bits per heavy atom. The van der Waals surface area contributed by atoms with E-state index >= 15 is 0 Å². The maximum atomic E-state index is 12.1. The third-order valence-electron chi connectivity index (χ3n) is 2.92. The molecule has 2 aromatic rings. The van der Waals surface area contributed by atoms with Gasteiger partial charge in [-0.15, -0.1) is 22.9 Å². The predicted molar refractivity (Wildman–Crippen MR) is 73.0 cm³/mol. The summed E-state index contributed by atoms with van der Waals surface area (Å²) >= 11 is 7.19. The minimum atomic E-state index is 0.0642. The fraction of sp³-hybridized carbons (Fsp3) is 0.500. The quantitative estimate of drug-likeness (QED) is 0.783. The van der Waals surface area contributed by atoms with Crippen molar-refractivity contribution in [2.45, 2.75) is 26.3 Å². The van der Waals surface area contributed by atoms with Crippen molar-refractivity contribution in [1.29, 1.82) is 0 Å². The molecule has 0 aromatic carbocycles. The first-order chi connectivity index (χ1) is 8.22. The van der Waals surface area contributed by atoms with Gasteiger partial charge in [0, 0.05) is 12.4 Å². The fourth-order valence-corrected chi connectivity index (χ4v) is 2.84. The number of hydrogen-bond donors (Lipinski definition) is 0. The van der Waals surface area contributed by atoms with Crippen LogP contribution in [0, 0.1) is 5.92 Å². The van der Waals surface area contributed by atoms with Crippen LogP contribution in [0.2, 0.25) is 0 Å². The van der Waals surface area contributed by atoms with Crippen molar-refractivity contribution < 1.29 is 0 Å². The summed E-state index contributed by atoms with van der Waals surface area (Å²) in [6.07, 6.45) is 3.60. The van der Waals surface area contributed by atoms with E-state index in [2.05, 4.69) is 11.9 Å². The highest BCUT2D eigenvalue weighted by Gasteiger charge is 2.06. The molecule has 0 amide bonds. The van der Waals surface area contributed by atoms with Gasteiger partial charge < -0.3 is 0 Å². The Balaban J connectivity index is 2.13. The van der Waals surface area contributed by atoms with Gasteiger partial charge in [0.05, 0.1) is 11.7 Å². The second kappa shape index (κ2) is 5.65. The van der Waals surface area contributed by atoms with Crippen molar-refractivity contribution in [2.75, 3.05) is 5.88 Å². The van der Waals surface area contributed by atoms with Gasteiger partial charge >= 0.3 is 0 Å². The molecular weight excluding hydrogens is 256 g/mol. The van der Waals surface area contributed by atoms with Gasteiger partial charge in [0.25, 0.3) is 5.56 Å². The van der Waals surface area contributed by atoms with Crippen LogP contribution in [-0.2, 0) is 6.54 Å². The maximum Gasteiger partial charge on any atom is 0.262 e. The molecule has 0 N–H and O–H groups in total. The molecule has 0 aliphatic heterocycles. The van der Waals surface area contributed by atoms with Gasteiger partial charge in [0.2, 0.25) is 0 Å². The van der Waals surface area contributed by atoms with Crippen LogP contribution >= 0.6 is 22.9 Å². The number of halogens is 1. The summed E-state index contributed by atoms with van der Waals surface area (Å²) in [6.45, 7) is 2.87. The molecule has 3 nitrogen and oxygen atoms in total. The first-order valence-corrected chi connectivity index (χ1v) is 7.12. The molecular formula is C12H15ClN2OS. The lowest BCUT2D eigenvalue weighted by atomic mass is 10.1. The average Bonchev–Trinajstić information content (AvgIpc) is 2.77. The average molecular weight is 271 g/mol. The molecule has 17 heavy (non-hydrogen) atoms. The van der Waals surface area contributed by atoms with E-state index < -0.39 is 0 Å². The fourth-order valence-electron chi connectivity index (χ4n) is 1.74. The Bertz CT molecular complexity index is 549. The molecule has 0 saturated carbocycles. The van der Waals surface area contributed by atoms with Crippen LogP contribution in [0.4, 0.5) is 0 Å². The summed E-state index contributed by atoms with van der Waals surface area (Å²) < 4.78 is 1.69. The molecule has 0 radical (unpaired) electrons. The number of fused-ring (bicyclic) bond motifs is 1. The van der Waals surface area contributed by atoms with Crippen molar-refractivity contribution >= 4 is 33.2 Å². The Labute approximate surface area is 109 Å². The Kier molecular flexibility index (Phi) is 4.18. The van der Waals surface area contributed by atoms with Crippen LogP contribution in [0.25, 0.3) is 10.2 Å². The van der Waals surface area contributed by atoms with Crippen LogP contribution in [0.5, 0.6) is 0 Å². The van der Waals surface area contributed by atoms with Crippen LogP contribution < -0.4 is 5.56 Å². The second-order valence-electron chi connectivity index (χ2n) is 4.25. The van der Waals surface area contributed by atoms with E-state index in [9.17, 15) is 4.79 Å². The Hall–Kier alpha value is -0.870. The third kappa shape index (κ3) is 2.87. The molecule has 2 heterocycles. The van der Waals surface area contributed by atoms with Crippen molar-refractivity contribution in [3.63, 3.8) is 0 Å². The highest BCUT2D eigenvalue weighted by atomic mass is 35.5. The van der Waals surface area contributed by atoms with Gasteiger partial charge in [-0.3, -0.25) is 9.36 Å². The van der Waals surface area contributed by atoms with Gasteiger partial charge in [0.15, 0.2) is 0 Å². The van der Waals surface area contributed by atoms with E-state index in [-0.39, 0.29) is 5.56 Å². The zero-order valence-corrected chi connectivity index (χ0v) is 11.3. The lowest BCUT2D eigenvalue weighted by Gasteiger charge is -2.10. The maximum absolute atomic E-state index is 12.1. The van der Waals surface area contributed by atoms with Gasteiger partial charge in [-0.2, -0.15) is 0 Å². The standard InChI is InChI=1S/C12H15ClN2OS/c1-9(2-5-13)3-6-15-8-14-11-10(12(15)16)4-7-17-11/h4,7-9H,2-3,5-6H2,1H3. The number of hydrogen-bond acceptors (Lipinski definition) is 3. The lowest BCUT2D eigenvalue weighted by Crippen LogP contribution is -2.21. The zero-order chi connectivity index (χ0) is 12.3. The minimum absolute atomic E-state index is 0.0642. The number of rotatable bonds is 5. The topological polar surface area (TPSA) is 34.9 Å². The second-order valence-corrected chi connectivity index (χ2v) is 5.53. The molecule has 0 aliphatic carbocycles. The number of nitrogens with zero attached hydrogens (tertiary/aromatic N) is 2. The molecule has 0 fully saturated rings. The van der Waals surface area contributed by atoms with Crippen LogP contribution in [0.1, 0.15) is 19.8 Å². The number of alkyl halides is 1. The smallest absolute Gasteiger partial charge is 0.262 e. The normalized spacial score (nSPS) is 13.1. The summed E-state index contributed by atoms with van der Waals surface area (Å²) in [5.41, 5.74) is 0.0642. The molecule has 1 unspecified atom stereocenters. The van der Waals surface area contributed by atoms with E-state index in [4.69, 9.17) is 11.6 Å². The van der Waals surface area contributed by atoms with Crippen molar-refractivity contribution in [1.82, 2.24) is 9.55 Å². The molecule has 5 heteroatoms. The number of aryl methyl sites for hydroxylation is 1. The van der Waals surface area contributed by atoms with E-state index in [1.165, 1.54) is 11.3 Å². The van der Waals surface area contributed by atoms with E-state index in [0.717, 1.165) is 29.6 Å². The largest absolute Gasteiger partial charge is 0.299 e. The molecule has 92 valence electrons. The van der Waals surface area contributed by atoms with Gasteiger partial charge in [-0.25, -0.2) is 4.98 Å². The SMILES string of the molecule is CC(CCCl)CCn1cnc2sccc2c1=O. The van der Waals surface area contributed by atoms with Crippen molar-refractivity contribution in [3.8, 4) is 0 Å². The van der Waals surface area contributed by atoms with E-state index in [1.807, 2.05) is 11.4 Å². The van der Waals surface area contributed by atoms with E-state index in [0.29, 0.717) is 11.8 Å². The third-order valence-corrected chi connectivity index (χ3v) is 3.95. The highest BCUT2D eigenvalue weighted by Crippen LogP contribution is 2.14. The number of aromatic nitrogens is 2. The number of thiophene rings is 1. The van der Waals surface area contributed by atoms with Gasteiger partial charge in [-0.05, 0) is 30.2 Å². The van der Waals surface area contributed by atoms with Crippen LogP contribution in [0.3, 0.4) is 0 Å². The van der Waals surface area contributed by atoms with Crippen molar-refractivity contribution in [2.24, 2.45) is 5.92 Å². The Morgan fingerprint density at radius 3 is 3.12 bits per heavy atom. The molecule has 0 spiro atoms. The molecule has 2 aromatic heterocycles. The molecule has 1 atom stereocenters. The monoisotopic (exact) mass is 270 g/mol. The molecule has 2 rings (SSSR count). The summed E-state index contributed by atoms with van der Waals surface area (Å²) in [4.78, 5) is 17.2. The Morgan fingerprint density at radius 2 is 2.35 bits per heavy atom. The summed E-state index contributed by atoms with van der Waals surface area (Å²) in [5, 5.41) is 2.63. The predicted octanol–water partition coefficient (Wildman–Crippen LogP) is 3.11. The first-order valence-electron chi connectivity index (χ1n) is 5.71.